The molecule has 1 aromatic heterocycles. The average Bonchev–Trinajstić information content (AvgIpc) is 3.07. The normalized spacial score (nSPS) is 23.3. The highest BCUT2D eigenvalue weighted by molar-refractivity contribution is 5.70. The van der Waals surface area contributed by atoms with E-state index in [2.05, 4.69) is 15.3 Å². The van der Waals surface area contributed by atoms with Crippen molar-refractivity contribution in [2.45, 2.75) is 45.3 Å². The number of hydrogen-bond acceptors (Lipinski definition) is 4. The predicted molar refractivity (Wildman–Crippen MR) is 99.3 cm³/mol. The molecule has 2 aliphatic heterocycles. The lowest BCUT2D eigenvalue weighted by atomic mass is 9.95. The maximum Gasteiger partial charge on any atom is 0.407 e. The van der Waals surface area contributed by atoms with Gasteiger partial charge in [0.1, 0.15) is 11.4 Å². The minimum atomic E-state index is -0.383. The maximum atomic E-state index is 14.0. The Balaban J connectivity index is 1.55. The smallest absolute Gasteiger partial charge is 0.407 e. The van der Waals surface area contributed by atoms with Gasteiger partial charge < -0.3 is 10.1 Å². The van der Waals surface area contributed by atoms with Crippen molar-refractivity contribution in [3.63, 3.8) is 0 Å². The van der Waals surface area contributed by atoms with Gasteiger partial charge in [-0.05, 0) is 63.1 Å². The highest BCUT2D eigenvalue weighted by Crippen LogP contribution is 2.30. The van der Waals surface area contributed by atoms with Crippen LogP contribution in [-0.4, -0.2) is 46.0 Å². The first-order valence-electron chi connectivity index (χ1n) is 9.45. The summed E-state index contributed by atoms with van der Waals surface area (Å²) in [5, 5.41) is 7.34. The molecule has 2 fully saturated rings. The van der Waals surface area contributed by atoms with Crippen LogP contribution < -0.4 is 5.32 Å². The summed E-state index contributed by atoms with van der Waals surface area (Å²) >= 11 is 0. The minimum Gasteiger partial charge on any atom is -0.441 e. The van der Waals surface area contributed by atoms with Crippen molar-refractivity contribution < 1.29 is 13.9 Å². The number of aromatic nitrogens is 2. The topological polar surface area (TPSA) is 59.4 Å². The summed E-state index contributed by atoms with van der Waals surface area (Å²) in [5.74, 6) is -0.240. The molecule has 2 aromatic rings. The lowest BCUT2D eigenvalue weighted by Gasteiger charge is -2.25. The predicted octanol–water partition coefficient (Wildman–Crippen LogP) is 3.09. The number of amides is 1. The van der Waals surface area contributed by atoms with E-state index >= 15 is 0 Å². The molecule has 7 heteroatoms. The van der Waals surface area contributed by atoms with E-state index in [4.69, 9.17) is 4.74 Å². The molecule has 0 saturated carbocycles. The van der Waals surface area contributed by atoms with Gasteiger partial charge in [0.15, 0.2) is 0 Å². The van der Waals surface area contributed by atoms with Gasteiger partial charge in [-0.15, -0.1) is 0 Å². The summed E-state index contributed by atoms with van der Waals surface area (Å²) in [5.41, 5.74) is 3.41. The Morgan fingerprint density at radius 3 is 2.81 bits per heavy atom. The van der Waals surface area contributed by atoms with E-state index in [-0.39, 0.29) is 17.5 Å². The van der Waals surface area contributed by atoms with E-state index in [9.17, 15) is 9.18 Å². The largest absolute Gasteiger partial charge is 0.441 e. The lowest BCUT2D eigenvalue weighted by Crippen LogP contribution is -2.34. The molecule has 4 rings (SSSR count). The Labute approximate surface area is 158 Å². The number of likely N-dealkylation sites (tertiary alicyclic amines) is 1. The number of halogens is 1. The van der Waals surface area contributed by atoms with Gasteiger partial charge in [-0.2, -0.15) is 5.10 Å². The minimum absolute atomic E-state index is 0.240. The van der Waals surface area contributed by atoms with Crippen LogP contribution in [0, 0.1) is 19.7 Å². The van der Waals surface area contributed by atoms with Gasteiger partial charge in [-0.1, -0.05) is 0 Å². The summed E-state index contributed by atoms with van der Waals surface area (Å²) < 4.78 is 21.4. The third kappa shape index (κ3) is 3.69. The quantitative estimate of drug-likeness (QED) is 0.900. The number of nitrogens with zero attached hydrogens (tertiary/aromatic N) is 3. The number of benzene rings is 1. The number of hydrogen-bond donors (Lipinski definition) is 1. The monoisotopic (exact) mass is 372 g/mol. The number of aryl methyl sites for hydroxylation is 2. The fraction of sp³-hybridized carbons (Fsp3) is 0.500. The highest BCUT2D eigenvalue weighted by Gasteiger charge is 2.41. The molecule has 1 aromatic carbocycles. The molecule has 1 amide bonds. The van der Waals surface area contributed by atoms with Gasteiger partial charge in [0.25, 0.3) is 0 Å². The van der Waals surface area contributed by atoms with Crippen molar-refractivity contribution in [3.05, 3.63) is 47.0 Å². The van der Waals surface area contributed by atoms with Crippen LogP contribution in [0.25, 0.3) is 5.69 Å². The van der Waals surface area contributed by atoms with Crippen LogP contribution in [0.3, 0.4) is 0 Å². The fourth-order valence-corrected chi connectivity index (χ4v) is 4.16. The number of ether oxygens (including phenoxy) is 1. The molecule has 1 spiro atoms. The first kappa shape index (κ1) is 18.0. The Kier molecular flexibility index (Phi) is 4.63. The molecule has 0 radical (unpaired) electrons. The van der Waals surface area contributed by atoms with Crippen LogP contribution >= 0.6 is 0 Å². The van der Waals surface area contributed by atoms with E-state index in [1.54, 1.807) is 12.1 Å². The molecule has 1 N–H and O–H groups in total. The van der Waals surface area contributed by atoms with Gasteiger partial charge in [0.2, 0.25) is 0 Å². The number of nitrogens with one attached hydrogen (secondary N) is 1. The zero-order chi connectivity index (χ0) is 19.0. The number of carbonyl (C=O) groups is 1. The second kappa shape index (κ2) is 6.96. The second-order valence-electron chi connectivity index (χ2n) is 7.67. The van der Waals surface area contributed by atoms with Crippen molar-refractivity contribution in [1.29, 1.82) is 0 Å². The molecule has 2 saturated heterocycles. The van der Waals surface area contributed by atoms with Crippen LogP contribution in [0.2, 0.25) is 0 Å². The molecule has 2 aliphatic rings. The van der Waals surface area contributed by atoms with Crippen LogP contribution in [0.4, 0.5) is 9.18 Å². The van der Waals surface area contributed by atoms with Gasteiger partial charge in [-0.3, -0.25) is 4.90 Å². The Hall–Kier alpha value is -2.41. The summed E-state index contributed by atoms with van der Waals surface area (Å²) in [6, 6.07) is 6.90. The summed E-state index contributed by atoms with van der Waals surface area (Å²) in [6.07, 6.45) is 2.27. The van der Waals surface area contributed by atoms with Crippen LogP contribution in [-0.2, 0) is 11.3 Å². The molecule has 6 nitrogen and oxygen atoms in total. The van der Waals surface area contributed by atoms with Crippen molar-refractivity contribution in [3.8, 4) is 5.69 Å². The Bertz CT molecular complexity index is 866. The first-order chi connectivity index (χ1) is 12.9. The van der Waals surface area contributed by atoms with Gasteiger partial charge in [-0.25, -0.2) is 13.9 Å². The van der Waals surface area contributed by atoms with E-state index in [1.807, 2.05) is 24.6 Å². The third-order valence-corrected chi connectivity index (χ3v) is 5.53. The SMILES string of the molecule is Cc1cc(C)n(-c2ccc(F)cc2CN2CCC[C@@]3(CC2)CNC(=O)O3)n1. The Morgan fingerprint density at radius 2 is 2.11 bits per heavy atom. The van der Waals surface area contributed by atoms with Gasteiger partial charge >= 0.3 is 6.09 Å². The third-order valence-electron chi connectivity index (χ3n) is 5.53. The first-order valence-corrected chi connectivity index (χ1v) is 9.45. The van der Waals surface area contributed by atoms with E-state index < -0.39 is 0 Å². The second-order valence-corrected chi connectivity index (χ2v) is 7.67. The number of alkyl carbamates (subject to hydrolysis) is 1. The van der Waals surface area contributed by atoms with Gasteiger partial charge in [0.05, 0.1) is 17.9 Å². The van der Waals surface area contributed by atoms with Crippen molar-refractivity contribution >= 4 is 6.09 Å². The standard InChI is InChI=1S/C20H25FN4O2/c1-14-10-15(2)25(23-14)18-5-4-17(21)11-16(18)12-24-8-3-6-20(7-9-24)13-22-19(26)27-20/h4-5,10-11H,3,6-9,12-13H2,1-2H3,(H,22,26)/t20-/m1/s1. The number of rotatable bonds is 3. The molecule has 1 atom stereocenters. The summed E-state index contributed by atoms with van der Waals surface area (Å²) in [4.78, 5) is 13.8. The maximum absolute atomic E-state index is 14.0. The summed E-state index contributed by atoms with van der Waals surface area (Å²) in [7, 11) is 0. The molecular weight excluding hydrogens is 347 g/mol. The Morgan fingerprint density at radius 1 is 1.26 bits per heavy atom. The summed E-state index contributed by atoms with van der Waals surface area (Å²) in [6.45, 7) is 6.89. The van der Waals surface area contributed by atoms with Crippen LogP contribution in [0.1, 0.15) is 36.2 Å². The molecule has 144 valence electrons. The zero-order valence-corrected chi connectivity index (χ0v) is 15.8. The molecule has 0 bridgehead atoms. The molecular formula is C20H25FN4O2. The van der Waals surface area contributed by atoms with Crippen molar-refractivity contribution in [2.75, 3.05) is 19.6 Å². The fourth-order valence-electron chi connectivity index (χ4n) is 4.16. The van der Waals surface area contributed by atoms with Crippen molar-refractivity contribution in [1.82, 2.24) is 20.0 Å². The van der Waals surface area contributed by atoms with Crippen molar-refractivity contribution in [2.24, 2.45) is 0 Å². The van der Waals surface area contributed by atoms with Crippen LogP contribution in [0.5, 0.6) is 0 Å². The van der Waals surface area contributed by atoms with E-state index in [0.29, 0.717) is 13.1 Å². The molecule has 27 heavy (non-hydrogen) atoms. The molecule has 0 aliphatic carbocycles. The average molecular weight is 372 g/mol. The number of carbonyl (C=O) groups excluding carboxylic acids is 1. The lowest BCUT2D eigenvalue weighted by molar-refractivity contribution is 0.0443. The zero-order valence-electron chi connectivity index (χ0n) is 15.8. The van der Waals surface area contributed by atoms with E-state index in [1.165, 1.54) is 6.07 Å². The van der Waals surface area contributed by atoms with Crippen LogP contribution in [0.15, 0.2) is 24.3 Å². The van der Waals surface area contributed by atoms with Gasteiger partial charge in [0, 0.05) is 25.2 Å². The van der Waals surface area contributed by atoms with E-state index in [0.717, 1.165) is 55.0 Å². The molecule has 3 heterocycles. The highest BCUT2D eigenvalue weighted by atomic mass is 19.1. The molecule has 0 unspecified atom stereocenters.